The first-order chi connectivity index (χ1) is 9.15. The van der Waals surface area contributed by atoms with Crippen LogP contribution >= 0.6 is 0 Å². The summed E-state index contributed by atoms with van der Waals surface area (Å²) in [5.41, 5.74) is 1.14. The first kappa shape index (κ1) is 13.9. The van der Waals surface area contributed by atoms with E-state index in [1.807, 2.05) is 32.2 Å². The molecule has 0 N–H and O–H groups in total. The van der Waals surface area contributed by atoms with E-state index in [9.17, 15) is 4.79 Å². The van der Waals surface area contributed by atoms with Crippen molar-refractivity contribution < 1.29 is 14.3 Å². The topological polar surface area (TPSA) is 38.8 Å². The minimum atomic E-state index is -0.0975. The lowest BCUT2D eigenvalue weighted by Crippen LogP contribution is -2.24. The molecule has 0 bridgehead atoms. The molecule has 0 amide bonds. The van der Waals surface area contributed by atoms with Gasteiger partial charge < -0.3 is 14.4 Å². The number of carbonyl (C=O) groups is 1. The van der Waals surface area contributed by atoms with Crippen molar-refractivity contribution in [2.45, 2.75) is 12.8 Å². The average Bonchev–Trinajstić information content (AvgIpc) is 2.81. The summed E-state index contributed by atoms with van der Waals surface area (Å²) in [6, 6.07) is 7.95. The van der Waals surface area contributed by atoms with Crippen molar-refractivity contribution >= 4 is 5.97 Å². The van der Waals surface area contributed by atoms with Crippen LogP contribution in [0.2, 0.25) is 0 Å². The Hall–Kier alpha value is -1.55. The summed E-state index contributed by atoms with van der Waals surface area (Å²) >= 11 is 0. The zero-order valence-electron chi connectivity index (χ0n) is 11.8. The maximum absolute atomic E-state index is 12.0. The van der Waals surface area contributed by atoms with E-state index in [1.165, 1.54) is 0 Å². The summed E-state index contributed by atoms with van der Waals surface area (Å²) in [6.07, 6.45) is 0. The van der Waals surface area contributed by atoms with E-state index < -0.39 is 0 Å². The van der Waals surface area contributed by atoms with E-state index in [0.717, 1.165) is 24.4 Å². The number of ether oxygens (including phenoxy) is 2. The molecule has 1 fully saturated rings. The van der Waals surface area contributed by atoms with Gasteiger partial charge >= 0.3 is 5.97 Å². The van der Waals surface area contributed by atoms with Crippen LogP contribution in [-0.2, 0) is 9.53 Å². The van der Waals surface area contributed by atoms with Crippen LogP contribution in [0.5, 0.6) is 5.75 Å². The van der Waals surface area contributed by atoms with Crippen molar-refractivity contribution in [1.29, 1.82) is 0 Å². The van der Waals surface area contributed by atoms with Crippen LogP contribution < -0.4 is 4.74 Å². The van der Waals surface area contributed by atoms with E-state index in [1.54, 1.807) is 7.11 Å². The number of hydrogen-bond acceptors (Lipinski definition) is 4. The highest BCUT2D eigenvalue weighted by Crippen LogP contribution is 2.34. The van der Waals surface area contributed by atoms with E-state index in [2.05, 4.69) is 11.0 Å². The first-order valence-corrected chi connectivity index (χ1v) is 6.64. The van der Waals surface area contributed by atoms with Gasteiger partial charge in [-0.15, -0.1) is 0 Å². The Labute approximate surface area is 114 Å². The summed E-state index contributed by atoms with van der Waals surface area (Å²) in [5, 5.41) is 0. The van der Waals surface area contributed by atoms with Crippen molar-refractivity contribution in [3.8, 4) is 5.75 Å². The van der Waals surface area contributed by atoms with Crippen LogP contribution in [-0.4, -0.2) is 44.7 Å². The number of hydrogen-bond donors (Lipinski definition) is 0. The second-order valence-electron chi connectivity index (χ2n) is 4.96. The molecule has 0 aromatic heterocycles. The molecule has 2 unspecified atom stereocenters. The summed E-state index contributed by atoms with van der Waals surface area (Å²) in [7, 11) is 3.69. The fourth-order valence-electron chi connectivity index (χ4n) is 2.70. The predicted molar refractivity (Wildman–Crippen MR) is 73.4 cm³/mol. The molecule has 1 aromatic carbocycles. The average molecular weight is 263 g/mol. The van der Waals surface area contributed by atoms with Gasteiger partial charge in [0, 0.05) is 19.0 Å². The van der Waals surface area contributed by atoms with E-state index >= 15 is 0 Å². The highest BCUT2D eigenvalue weighted by Gasteiger charge is 2.38. The highest BCUT2D eigenvalue weighted by atomic mass is 16.5. The summed E-state index contributed by atoms with van der Waals surface area (Å²) < 4.78 is 10.4. The first-order valence-electron chi connectivity index (χ1n) is 6.64. The molecule has 1 saturated heterocycles. The van der Waals surface area contributed by atoms with Gasteiger partial charge in [-0.1, -0.05) is 12.1 Å². The van der Waals surface area contributed by atoms with Crippen LogP contribution in [0.15, 0.2) is 24.3 Å². The van der Waals surface area contributed by atoms with Crippen molar-refractivity contribution in [2.75, 3.05) is 33.9 Å². The van der Waals surface area contributed by atoms with E-state index in [-0.39, 0.29) is 17.8 Å². The van der Waals surface area contributed by atoms with Gasteiger partial charge in [-0.25, -0.2) is 0 Å². The van der Waals surface area contributed by atoms with Crippen molar-refractivity contribution in [3.63, 3.8) is 0 Å². The molecular formula is C15H21NO3. The van der Waals surface area contributed by atoms with Gasteiger partial charge in [-0.05, 0) is 31.7 Å². The second-order valence-corrected chi connectivity index (χ2v) is 4.96. The van der Waals surface area contributed by atoms with Crippen molar-refractivity contribution in [3.05, 3.63) is 29.8 Å². The van der Waals surface area contributed by atoms with Crippen LogP contribution in [0.1, 0.15) is 18.4 Å². The number of rotatable bonds is 4. The highest BCUT2D eigenvalue weighted by molar-refractivity contribution is 5.74. The standard InChI is InChI=1S/C15H21NO3/c1-4-19-15(17)14-10-16(2)9-13(14)11-6-5-7-12(8-11)18-3/h5-8,13-14H,4,9-10H2,1-3H3. The molecule has 0 saturated carbocycles. The number of likely N-dealkylation sites (N-methyl/N-ethyl adjacent to an activating group) is 1. The van der Waals surface area contributed by atoms with Crippen LogP contribution in [0, 0.1) is 5.92 Å². The Balaban J connectivity index is 2.22. The third-order valence-corrected chi connectivity index (χ3v) is 3.61. The third kappa shape index (κ3) is 3.07. The number of carbonyl (C=O) groups excluding carboxylic acids is 1. The van der Waals surface area contributed by atoms with Crippen molar-refractivity contribution in [2.24, 2.45) is 5.92 Å². The normalized spacial score (nSPS) is 23.3. The van der Waals surface area contributed by atoms with Crippen molar-refractivity contribution in [1.82, 2.24) is 4.90 Å². The van der Waals surface area contributed by atoms with Gasteiger partial charge in [0.1, 0.15) is 5.75 Å². The number of benzene rings is 1. The van der Waals surface area contributed by atoms with E-state index in [0.29, 0.717) is 6.61 Å². The maximum Gasteiger partial charge on any atom is 0.310 e. The molecule has 0 spiro atoms. The van der Waals surface area contributed by atoms with Crippen LogP contribution in [0.3, 0.4) is 0 Å². The Kier molecular flexibility index (Phi) is 4.43. The zero-order valence-corrected chi connectivity index (χ0v) is 11.8. The predicted octanol–water partition coefficient (Wildman–Crippen LogP) is 1.90. The molecular weight excluding hydrogens is 242 g/mol. The number of nitrogens with zero attached hydrogens (tertiary/aromatic N) is 1. The van der Waals surface area contributed by atoms with Gasteiger partial charge in [-0.2, -0.15) is 0 Å². The van der Waals surface area contributed by atoms with Gasteiger partial charge in [0.2, 0.25) is 0 Å². The molecule has 1 aliphatic heterocycles. The SMILES string of the molecule is CCOC(=O)C1CN(C)CC1c1cccc(OC)c1. The molecule has 0 aliphatic carbocycles. The molecule has 19 heavy (non-hydrogen) atoms. The third-order valence-electron chi connectivity index (χ3n) is 3.61. The molecule has 4 nitrogen and oxygen atoms in total. The summed E-state index contributed by atoms with van der Waals surface area (Å²) in [4.78, 5) is 14.2. The Bertz CT molecular complexity index is 447. The van der Waals surface area contributed by atoms with Gasteiger partial charge in [0.15, 0.2) is 0 Å². The fourth-order valence-corrected chi connectivity index (χ4v) is 2.70. The lowest BCUT2D eigenvalue weighted by atomic mass is 9.89. The fraction of sp³-hybridized carbons (Fsp3) is 0.533. The molecule has 4 heteroatoms. The second kappa shape index (κ2) is 6.06. The lowest BCUT2D eigenvalue weighted by Gasteiger charge is -2.18. The van der Waals surface area contributed by atoms with Gasteiger partial charge in [0.05, 0.1) is 19.6 Å². The van der Waals surface area contributed by atoms with Gasteiger partial charge in [-0.3, -0.25) is 4.79 Å². The van der Waals surface area contributed by atoms with Crippen LogP contribution in [0.4, 0.5) is 0 Å². The molecule has 0 radical (unpaired) electrons. The maximum atomic E-state index is 12.0. The zero-order chi connectivity index (χ0) is 13.8. The number of likely N-dealkylation sites (tertiary alicyclic amines) is 1. The molecule has 1 heterocycles. The molecule has 1 aromatic rings. The molecule has 2 atom stereocenters. The minimum absolute atomic E-state index is 0.0861. The van der Waals surface area contributed by atoms with Gasteiger partial charge in [0.25, 0.3) is 0 Å². The Morgan fingerprint density at radius 3 is 2.89 bits per heavy atom. The molecule has 1 aliphatic rings. The Morgan fingerprint density at radius 1 is 1.42 bits per heavy atom. The Morgan fingerprint density at radius 2 is 2.21 bits per heavy atom. The molecule has 2 rings (SSSR count). The summed E-state index contributed by atoms with van der Waals surface area (Å²) in [6.45, 7) is 3.90. The smallest absolute Gasteiger partial charge is 0.310 e. The molecule has 104 valence electrons. The van der Waals surface area contributed by atoms with Crippen LogP contribution in [0.25, 0.3) is 0 Å². The number of methoxy groups -OCH3 is 1. The van der Waals surface area contributed by atoms with E-state index in [4.69, 9.17) is 9.47 Å². The summed E-state index contributed by atoms with van der Waals surface area (Å²) in [5.74, 6) is 0.825. The lowest BCUT2D eigenvalue weighted by molar-refractivity contribution is -0.147. The quantitative estimate of drug-likeness (QED) is 0.778. The minimum Gasteiger partial charge on any atom is -0.497 e. The largest absolute Gasteiger partial charge is 0.497 e. The number of esters is 1. The monoisotopic (exact) mass is 263 g/mol.